The maximum absolute atomic E-state index is 4.66. The molecule has 3 heterocycles. The fourth-order valence-corrected chi connectivity index (χ4v) is 3.67. The second-order valence-electron chi connectivity index (χ2n) is 4.82. The summed E-state index contributed by atoms with van der Waals surface area (Å²) in [4.78, 5) is 6.93. The highest BCUT2D eigenvalue weighted by molar-refractivity contribution is 7.99. The Labute approximate surface area is 106 Å². The molecule has 0 aromatic carbocycles. The van der Waals surface area contributed by atoms with Gasteiger partial charge >= 0.3 is 0 Å². The predicted molar refractivity (Wildman–Crippen MR) is 70.5 cm³/mol. The van der Waals surface area contributed by atoms with Gasteiger partial charge in [0.2, 0.25) is 5.95 Å². The molecule has 0 amide bonds. The van der Waals surface area contributed by atoms with E-state index in [2.05, 4.69) is 32.3 Å². The topological polar surface area (TPSA) is 56.8 Å². The molecule has 1 aromatic heterocycles. The quantitative estimate of drug-likeness (QED) is 0.828. The van der Waals surface area contributed by atoms with Gasteiger partial charge in [-0.05, 0) is 25.5 Å². The van der Waals surface area contributed by atoms with E-state index in [-0.39, 0.29) is 0 Å². The molecule has 0 aliphatic carbocycles. The summed E-state index contributed by atoms with van der Waals surface area (Å²) in [6.45, 7) is 5.21. The van der Waals surface area contributed by atoms with Crippen LogP contribution in [0.5, 0.6) is 0 Å². The number of hydrogen-bond donors (Lipinski definition) is 2. The number of hydrogen-bond acceptors (Lipinski definition) is 5. The van der Waals surface area contributed by atoms with Crippen LogP contribution >= 0.6 is 11.8 Å². The lowest BCUT2D eigenvalue weighted by Crippen LogP contribution is -2.49. The largest absolute Gasteiger partial charge is 0.337 e. The van der Waals surface area contributed by atoms with Gasteiger partial charge in [0.1, 0.15) is 5.82 Å². The number of piperazine rings is 1. The maximum Gasteiger partial charge on any atom is 0.244 e. The summed E-state index contributed by atoms with van der Waals surface area (Å²) >= 11 is 1.99. The van der Waals surface area contributed by atoms with E-state index in [0.717, 1.165) is 31.4 Å². The van der Waals surface area contributed by atoms with Gasteiger partial charge in [-0.1, -0.05) is 0 Å². The first-order chi connectivity index (χ1) is 8.33. The molecule has 94 valence electrons. The Morgan fingerprint density at radius 3 is 3.18 bits per heavy atom. The molecular weight excluding hydrogens is 234 g/mol. The number of rotatable bonds is 2. The van der Waals surface area contributed by atoms with Crippen molar-refractivity contribution in [3.63, 3.8) is 0 Å². The fraction of sp³-hybridized carbons (Fsp3) is 0.818. The minimum absolute atomic E-state index is 0.520. The second-order valence-corrected chi connectivity index (χ2v) is 6.13. The summed E-state index contributed by atoms with van der Waals surface area (Å²) in [5.41, 5.74) is 0. The van der Waals surface area contributed by atoms with Gasteiger partial charge in [0, 0.05) is 25.7 Å². The zero-order valence-corrected chi connectivity index (χ0v) is 11.0. The third-order valence-corrected chi connectivity index (χ3v) is 4.76. The molecular formula is C11H19N5S. The van der Waals surface area contributed by atoms with Crippen LogP contribution in [0.4, 0.5) is 5.95 Å². The maximum atomic E-state index is 4.66. The summed E-state index contributed by atoms with van der Waals surface area (Å²) in [6, 6.07) is 0.520. The third kappa shape index (κ3) is 2.42. The van der Waals surface area contributed by atoms with E-state index in [9.17, 15) is 0 Å². The number of anilines is 1. The molecule has 2 fully saturated rings. The summed E-state index contributed by atoms with van der Waals surface area (Å²) in [5.74, 6) is 3.19. The smallest absolute Gasteiger partial charge is 0.244 e. The molecule has 1 aromatic rings. The van der Waals surface area contributed by atoms with E-state index in [4.69, 9.17) is 0 Å². The molecule has 0 radical (unpaired) electrons. The van der Waals surface area contributed by atoms with Crippen molar-refractivity contribution in [2.75, 3.05) is 30.3 Å². The van der Waals surface area contributed by atoms with Crippen LogP contribution in [0.25, 0.3) is 0 Å². The number of aromatic amines is 1. The Balaban J connectivity index is 1.70. The van der Waals surface area contributed by atoms with Crippen LogP contribution in [0, 0.1) is 0 Å². The van der Waals surface area contributed by atoms with Gasteiger partial charge in [0.15, 0.2) is 0 Å². The average Bonchev–Trinajstić information content (AvgIpc) is 3.00. The predicted octanol–water partition coefficient (Wildman–Crippen LogP) is 1.17. The molecule has 2 aliphatic heterocycles. The zero-order valence-electron chi connectivity index (χ0n) is 10.1. The van der Waals surface area contributed by atoms with Crippen LogP contribution in [-0.4, -0.2) is 46.6 Å². The average molecular weight is 253 g/mol. The lowest BCUT2D eigenvalue weighted by molar-refractivity contribution is 0.479. The normalized spacial score (nSPS) is 29.8. The third-order valence-electron chi connectivity index (χ3n) is 3.38. The molecule has 1 unspecified atom stereocenters. The first-order valence-corrected chi connectivity index (χ1v) is 7.40. The van der Waals surface area contributed by atoms with Crippen LogP contribution in [0.2, 0.25) is 0 Å². The molecule has 2 N–H and O–H groups in total. The van der Waals surface area contributed by atoms with Crippen molar-refractivity contribution < 1.29 is 0 Å². The Bertz CT molecular complexity index is 374. The van der Waals surface area contributed by atoms with Gasteiger partial charge in [0.05, 0.1) is 5.25 Å². The first kappa shape index (κ1) is 11.3. The van der Waals surface area contributed by atoms with Gasteiger partial charge in [-0.3, -0.25) is 5.10 Å². The van der Waals surface area contributed by atoms with Crippen LogP contribution in [0.1, 0.15) is 30.8 Å². The van der Waals surface area contributed by atoms with Crippen molar-refractivity contribution in [2.24, 2.45) is 0 Å². The number of aromatic nitrogens is 3. The number of H-pyrrole nitrogens is 1. The Morgan fingerprint density at radius 2 is 2.41 bits per heavy atom. The van der Waals surface area contributed by atoms with E-state index in [1.165, 1.54) is 18.6 Å². The van der Waals surface area contributed by atoms with Gasteiger partial charge < -0.3 is 10.2 Å². The number of nitrogens with zero attached hydrogens (tertiary/aromatic N) is 3. The van der Waals surface area contributed by atoms with Crippen LogP contribution in [0.15, 0.2) is 0 Å². The van der Waals surface area contributed by atoms with E-state index in [1.807, 2.05) is 11.8 Å². The molecule has 2 atom stereocenters. The molecule has 6 heteroatoms. The highest BCUT2D eigenvalue weighted by Crippen LogP contribution is 2.38. The molecule has 17 heavy (non-hydrogen) atoms. The zero-order chi connectivity index (χ0) is 11.7. The van der Waals surface area contributed by atoms with Crippen LogP contribution < -0.4 is 10.2 Å². The summed E-state index contributed by atoms with van der Waals surface area (Å²) < 4.78 is 0. The summed E-state index contributed by atoms with van der Waals surface area (Å²) in [5, 5.41) is 11.5. The van der Waals surface area contributed by atoms with E-state index >= 15 is 0 Å². The minimum atomic E-state index is 0.520. The van der Waals surface area contributed by atoms with E-state index in [0.29, 0.717) is 11.3 Å². The lowest BCUT2D eigenvalue weighted by atomic mass is 10.2. The molecule has 0 bridgehead atoms. The standard InChI is InChI=1S/C11H19N5S/c1-8-7-16(5-4-12-8)11-13-10(14-15-11)9-3-2-6-17-9/h8-9,12H,2-7H2,1H3,(H,13,14,15)/t8-,9?/m1/s1. The molecule has 2 saturated heterocycles. The van der Waals surface area contributed by atoms with Gasteiger partial charge in [-0.25, -0.2) is 0 Å². The van der Waals surface area contributed by atoms with Crippen molar-refractivity contribution in [3.05, 3.63) is 5.82 Å². The molecule has 5 nitrogen and oxygen atoms in total. The Hall–Kier alpha value is -0.750. The number of thioether (sulfide) groups is 1. The highest BCUT2D eigenvalue weighted by Gasteiger charge is 2.24. The van der Waals surface area contributed by atoms with Crippen LogP contribution in [-0.2, 0) is 0 Å². The van der Waals surface area contributed by atoms with Crippen molar-refractivity contribution in [1.82, 2.24) is 20.5 Å². The summed E-state index contributed by atoms with van der Waals surface area (Å²) in [6.07, 6.45) is 2.54. The SMILES string of the molecule is C[C@@H]1CN(c2n[nH]c(C3CCCS3)n2)CCN1. The van der Waals surface area contributed by atoms with Crippen LogP contribution in [0.3, 0.4) is 0 Å². The first-order valence-electron chi connectivity index (χ1n) is 6.35. The van der Waals surface area contributed by atoms with Crippen molar-refractivity contribution >= 4 is 17.7 Å². The molecule has 3 rings (SSSR count). The molecule has 2 aliphatic rings. The Morgan fingerprint density at radius 1 is 1.47 bits per heavy atom. The summed E-state index contributed by atoms with van der Waals surface area (Å²) in [7, 11) is 0. The van der Waals surface area contributed by atoms with Gasteiger partial charge in [0.25, 0.3) is 0 Å². The van der Waals surface area contributed by atoms with Gasteiger partial charge in [-0.2, -0.15) is 16.7 Å². The highest BCUT2D eigenvalue weighted by atomic mass is 32.2. The minimum Gasteiger partial charge on any atom is -0.337 e. The van der Waals surface area contributed by atoms with E-state index < -0.39 is 0 Å². The van der Waals surface area contributed by atoms with E-state index in [1.54, 1.807) is 0 Å². The molecule has 0 saturated carbocycles. The lowest BCUT2D eigenvalue weighted by Gasteiger charge is -2.30. The second kappa shape index (κ2) is 4.86. The molecule has 0 spiro atoms. The fourth-order valence-electron chi connectivity index (χ4n) is 2.46. The van der Waals surface area contributed by atoms with Crippen molar-refractivity contribution in [1.29, 1.82) is 0 Å². The van der Waals surface area contributed by atoms with Crippen molar-refractivity contribution in [2.45, 2.75) is 31.1 Å². The van der Waals surface area contributed by atoms with Gasteiger partial charge in [-0.15, -0.1) is 5.10 Å². The van der Waals surface area contributed by atoms with Crippen molar-refractivity contribution in [3.8, 4) is 0 Å². The number of nitrogens with one attached hydrogen (secondary N) is 2. The monoisotopic (exact) mass is 253 g/mol. The Kier molecular flexibility index (Phi) is 3.24.